The molecule has 0 unspecified atom stereocenters. The average molecular weight is 420 g/mol. The highest BCUT2D eigenvalue weighted by atomic mass is 32.2. The van der Waals surface area contributed by atoms with E-state index < -0.39 is 9.84 Å². The van der Waals surface area contributed by atoms with Gasteiger partial charge in [0.1, 0.15) is 11.6 Å². The Kier molecular flexibility index (Phi) is 5.95. The van der Waals surface area contributed by atoms with Gasteiger partial charge in [0.25, 0.3) is 0 Å². The van der Waals surface area contributed by atoms with Crippen LogP contribution in [0.5, 0.6) is 5.75 Å². The molecule has 0 saturated heterocycles. The number of hydrogen-bond acceptors (Lipinski definition) is 6. The zero-order chi connectivity index (χ0) is 20.3. The molecule has 9 heteroatoms. The van der Waals surface area contributed by atoms with E-state index in [1.165, 1.54) is 36.9 Å². The number of aromatic amines is 1. The van der Waals surface area contributed by atoms with Gasteiger partial charge in [-0.2, -0.15) is 0 Å². The smallest absolute Gasteiger partial charge is 0.234 e. The molecule has 1 amide bonds. The van der Waals surface area contributed by atoms with Gasteiger partial charge in [-0.05, 0) is 37.3 Å². The third kappa shape index (κ3) is 4.48. The molecule has 3 aromatic rings. The summed E-state index contributed by atoms with van der Waals surface area (Å²) in [6, 6.07) is 11.6. The van der Waals surface area contributed by atoms with Crippen molar-refractivity contribution in [3.05, 3.63) is 48.3 Å². The molecule has 3 N–H and O–H groups in total. The van der Waals surface area contributed by atoms with Crippen molar-refractivity contribution in [3.63, 3.8) is 0 Å². The Balaban J connectivity index is 1.65. The maximum Gasteiger partial charge on any atom is 0.234 e. The fourth-order valence-electron chi connectivity index (χ4n) is 2.61. The highest BCUT2D eigenvalue weighted by Crippen LogP contribution is 2.30. The van der Waals surface area contributed by atoms with Crippen LogP contribution in [0, 0.1) is 0 Å². The zero-order valence-corrected chi connectivity index (χ0v) is 17.1. The number of thioether (sulfide) groups is 1. The molecule has 0 aliphatic heterocycles. The summed E-state index contributed by atoms with van der Waals surface area (Å²) in [4.78, 5) is 20.1. The first-order valence-corrected chi connectivity index (χ1v) is 11.4. The van der Waals surface area contributed by atoms with E-state index in [2.05, 4.69) is 15.3 Å². The number of rotatable bonds is 7. The summed E-state index contributed by atoms with van der Waals surface area (Å²) in [6.07, 6.45) is 0. The van der Waals surface area contributed by atoms with Gasteiger partial charge in [-0.15, -0.1) is 11.8 Å². The molecule has 1 aromatic heterocycles. The molecule has 2 aromatic carbocycles. The van der Waals surface area contributed by atoms with Crippen LogP contribution < -0.4 is 5.32 Å². The molecule has 0 spiro atoms. The van der Waals surface area contributed by atoms with Gasteiger partial charge in [0.2, 0.25) is 5.91 Å². The lowest BCUT2D eigenvalue weighted by atomic mass is 10.3. The van der Waals surface area contributed by atoms with Crippen LogP contribution in [0.25, 0.3) is 11.0 Å². The maximum atomic E-state index is 12.3. The lowest BCUT2D eigenvalue weighted by Gasteiger charge is -2.11. The van der Waals surface area contributed by atoms with Gasteiger partial charge in [-0.1, -0.05) is 19.1 Å². The van der Waals surface area contributed by atoms with Crippen molar-refractivity contribution in [1.82, 2.24) is 9.97 Å². The number of carbonyl (C=O) groups excluding carboxylic acids is 1. The van der Waals surface area contributed by atoms with Crippen LogP contribution >= 0.6 is 11.8 Å². The van der Waals surface area contributed by atoms with Crippen molar-refractivity contribution in [2.24, 2.45) is 0 Å². The molecule has 0 fully saturated rings. The minimum absolute atomic E-state index is 0.0430. The normalized spacial score (nSPS) is 12.8. The highest BCUT2D eigenvalue weighted by molar-refractivity contribution is 8.00. The van der Waals surface area contributed by atoms with E-state index in [4.69, 9.17) is 0 Å². The minimum Gasteiger partial charge on any atom is -0.506 e. The largest absolute Gasteiger partial charge is 0.506 e. The molecular weight excluding hydrogens is 398 g/mol. The molecule has 148 valence electrons. The van der Waals surface area contributed by atoms with Gasteiger partial charge in [0, 0.05) is 0 Å². The SMILES string of the molecule is CCS(=O)(=O)c1ccc(O)c(NC(=O)CS[C@H](C)c2nc3ccccc3[nH]2)c1. The van der Waals surface area contributed by atoms with Gasteiger partial charge < -0.3 is 15.4 Å². The quantitative estimate of drug-likeness (QED) is 0.505. The second-order valence-corrected chi connectivity index (χ2v) is 9.83. The molecular formula is C19H21N3O4S2. The first-order chi connectivity index (χ1) is 13.3. The number of H-pyrrole nitrogens is 1. The number of nitrogens with one attached hydrogen (secondary N) is 2. The van der Waals surface area contributed by atoms with Crippen molar-refractivity contribution in [1.29, 1.82) is 0 Å². The number of fused-ring (bicyclic) bond motifs is 1. The van der Waals surface area contributed by atoms with Gasteiger partial charge in [-0.3, -0.25) is 4.79 Å². The molecule has 3 rings (SSSR count). The molecule has 28 heavy (non-hydrogen) atoms. The Labute approximate surface area is 167 Å². The number of hydrogen-bond donors (Lipinski definition) is 3. The number of para-hydroxylation sites is 2. The van der Waals surface area contributed by atoms with E-state index in [0.717, 1.165) is 16.9 Å². The van der Waals surface area contributed by atoms with Gasteiger partial charge in [-0.25, -0.2) is 13.4 Å². The number of aromatic hydroxyl groups is 1. The first kappa shape index (κ1) is 20.2. The maximum absolute atomic E-state index is 12.3. The van der Waals surface area contributed by atoms with E-state index in [1.54, 1.807) is 0 Å². The van der Waals surface area contributed by atoms with E-state index in [1.807, 2.05) is 31.2 Å². The first-order valence-electron chi connectivity index (χ1n) is 8.72. The predicted molar refractivity (Wildman–Crippen MR) is 111 cm³/mol. The van der Waals surface area contributed by atoms with Crippen molar-refractivity contribution < 1.29 is 18.3 Å². The van der Waals surface area contributed by atoms with Crippen LogP contribution in [0.2, 0.25) is 0 Å². The van der Waals surface area contributed by atoms with Crippen LogP contribution in [0.4, 0.5) is 5.69 Å². The van der Waals surface area contributed by atoms with Crippen LogP contribution in [-0.2, 0) is 14.6 Å². The average Bonchev–Trinajstić information content (AvgIpc) is 3.12. The number of carbonyl (C=O) groups is 1. The van der Waals surface area contributed by atoms with Crippen LogP contribution in [0.1, 0.15) is 24.9 Å². The van der Waals surface area contributed by atoms with E-state index in [-0.39, 0.29) is 39.0 Å². The molecule has 1 atom stereocenters. The zero-order valence-electron chi connectivity index (χ0n) is 15.5. The number of phenols is 1. The monoisotopic (exact) mass is 419 g/mol. The third-order valence-electron chi connectivity index (χ3n) is 4.24. The molecule has 0 aliphatic carbocycles. The van der Waals surface area contributed by atoms with Crippen LogP contribution in [0.15, 0.2) is 47.4 Å². The van der Waals surface area contributed by atoms with E-state index in [0.29, 0.717) is 0 Å². The Bertz CT molecular complexity index is 1080. The Morgan fingerprint density at radius 1 is 1.29 bits per heavy atom. The summed E-state index contributed by atoms with van der Waals surface area (Å²) < 4.78 is 24.0. The molecule has 0 saturated carbocycles. The second kappa shape index (κ2) is 8.24. The summed E-state index contributed by atoms with van der Waals surface area (Å²) in [5, 5.41) is 12.5. The summed E-state index contributed by atoms with van der Waals surface area (Å²) >= 11 is 1.39. The molecule has 0 aliphatic rings. The van der Waals surface area contributed by atoms with E-state index in [9.17, 15) is 18.3 Å². The fourth-order valence-corrected chi connectivity index (χ4v) is 4.26. The number of imidazole rings is 1. The molecule has 7 nitrogen and oxygen atoms in total. The minimum atomic E-state index is -3.43. The predicted octanol–water partition coefficient (Wildman–Crippen LogP) is 3.50. The second-order valence-electron chi connectivity index (χ2n) is 6.22. The number of aromatic nitrogens is 2. The van der Waals surface area contributed by atoms with Crippen LogP contribution in [0.3, 0.4) is 0 Å². The Morgan fingerprint density at radius 3 is 2.75 bits per heavy atom. The van der Waals surface area contributed by atoms with Crippen molar-refractivity contribution in [2.45, 2.75) is 24.0 Å². The summed E-state index contributed by atoms with van der Waals surface area (Å²) in [6.45, 7) is 3.48. The lowest BCUT2D eigenvalue weighted by molar-refractivity contribution is -0.113. The number of amides is 1. The summed E-state index contributed by atoms with van der Waals surface area (Å²) in [5.74, 6) is 0.323. The van der Waals surface area contributed by atoms with Crippen molar-refractivity contribution in [2.75, 3.05) is 16.8 Å². The van der Waals surface area contributed by atoms with Crippen molar-refractivity contribution >= 4 is 44.2 Å². The van der Waals surface area contributed by atoms with Gasteiger partial charge in [0.15, 0.2) is 9.84 Å². The molecule has 1 heterocycles. The lowest BCUT2D eigenvalue weighted by Crippen LogP contribution is -2.15. The van der Waals surface area contributed by atoms with E-state index >= 15 is 0 Å². The number of phenolic OH excluding ortho intramolecular Hbond substituents is 1. The number of anilines is 1. The number of nitrogens with zero attached hydrogens (tertiary/aromatic N) is 1. The number of benzene rings is 2. The summed E-state index contributed by atoms with van der Waals surface area (Å²) in [7, 11) is -3.43. The van der Waals surface area contributed by atoms with Gasteiger partial charge in [0.05, 0.1) is 38.4 Å². The van der Waals surface area contributed by atoms with Crippen LogP contribution in [-0.4, -0.2) is 40.9 Å². The van der Waals surface area contributed by atoms with Gasteiger partial charge >= 0.3 is 0 Å². The summed E-state index contributed by atoms with van der Waals surface area (Å²) in [5.41, 5.74) is 1.89. The third-order valence-corrected chi connectivity index (χ3v) is 7.12. The highest BCUT2D eigenvalue weighted by Gasteiger charge is 2.17. The number of sulfone groups is 1. The standard InChI is InChI=1S/C19H21N3O4S2/c1-3-28(25,26)13-8-9-17(23)16(10-13)20-18(24)11-27-12(2)19-21-14-6-4-5-7-15(14)22-19/h4-10,12,23H,3,11H2,1-2H3,(H,20,24)(H,21,22)/t12-/m1/s1. The Morgan fingerprint density at radius 2 is 2.04 bits per heavy atom. The topological polar surface area (TPSA) is 112 Å². The fraction of sp³-hybridized carbons (Fsp3) is 0.263. The van der Waals surface area contributed by atoms with Crippen molar-refractivity contribution in [3.8, 4) is 5.75 Å². The molecule has 0 bridgehead atoms. The Hall–Kier alpha value is -2.52. The molecule has 0 radical (unpaired) electrons.